The summed E-state index contributed by atoms with van der Waals surface area (Å²) in [6.07, 6.45) is 1.69. The number of aryl methyl sites for hydroxylation is 2. The fourth-order valence-electron chi connectivity index (χ4n) is 2.92. The maximum Gasteiger partial charge on any atom is 0.218 e. The van der Waals surface area contributed by atoms with Crippen LogP contribution in [-0.4, -0.2) is 49.5 Å². The number of hydrogen-bond donors (Lipinski definition) is 3. The van der Waals surface area contributed by atoms with Gasteiger partial charge in [0.05, 0.1) is 19.7 Å². The van der Waals surface area contributed by atoms with Crippen molar-refractivity contribution in [1.82, 2.24) is 15.6 Å². The fraction of sp³-hybridized carbons (Fsp3) is 0.524. The number of ether oxygens (including phenoxy) is 2. The molecule has 0 aliphatic rings. The molecule has 8 heteroatoms. The molecule has 2 aromatic heterocycles. The second-order valence-electron chi connectivity index (χ2n) is 6.96. The van der Waals surface area contributed by atoms with Crippen LogP contribution in [0.2, 0.25) is 0 Å². The zero-order valence-electron chi connectivity index (χ0n) is 17.9. The van der Waals surface area contributed by atoms with E-state index in [-0.39, 0.29) is 6.54 Å². The Morgan fingerprint density at radius 3 is 2.76 bits per heavy atom. The minimum Gasteiger partial charge on any atom is -0.475 e. The normalized spacial score (nSPS) is 13.8. The lowest BCUT2D eigenvalue weighted by atomic mass is 9.96. The molecule has 1 atom stereocenters. The first-order valence-corrected chi connectivity index (χ1v) is 9.75. The van der Waals surface area contributed by atoms with Gasteiger partial charge in [-0.15, -0.1) is 0 Å². The number of guanidine groups is 1. The summed E-state index contributed by atoms with van der Waals surface area (Å²) in [7, 11) is 1.63. The second kappa shape index (κ2) is 10.8. The molecule has 3 N–H and O–H groups in total. The molecule has 0 saturated carbocycles. The number of nitrogens with zero attached hydrogens (tertiary/aromatic N) is 2. The Morgan fingerprint density at radius 2 is 2.10 bits per heavy atom. The Labute approximate surface area is 172 Å². The molecular formula is C21H32N4O4. The van der Waals surface area contributed by atoms with Gasteiger partial charge in [0.15, 0.2) is 5.96 Å². The standard InChI is InChI=1S/C21H32N4O4/c1-6-22-20(25-14-21(4,26)18-12-15(2)29-16(18)3)24-13-17-8-7-9-23-19(17)28-11-10-27-5/h7-9,12,26H,6,10-11,13-14H2,1-5H3,(H2,22,24,25). The van der Waals surface area contributed by atoms with Crippen LogP contribution in [0.4, 0.5) is 0 Å². The van der Waals surface area contributed by atoms with Crippen molar-refractivity contribution in [3.05, 3.63) is 47.0 Å². The molecule has 0 amide bonds. The zero-order valence-corrected chi connectivity index (χ0v) is 17.9. The third-order valence-electron chi connectivity index (χ3n) is 4.35. The first-order chi connectivity index (χ1) is 13.9. The van der Waals surface area contributed by atoms with Crippen molar-refractivity contribution in [2.45, 2.75) is 39.8 Å². The Hall–Kier alpha value is -2.58. The van der Waals surface area contributed by atoms with Gasteiger partial charge in [0, 0.05) is 31.0 Å². The van der Waals surface area contributed by atoms with E-state index < -0.39 is 5.60 Å². The average Bonchev–Trinajstić information content (AvgIpc) is 3.04. The van der Waals surface area contributed by atoms with E-state index in [0.29, 0.717) is 43.9 Å². The monoisotopic (exact) mass is 404 g/mol. The summed E-state index contributed by atoms with van der Waals surface area (Å²) in [5.74, 6) is 2.62. The summed E-state index contributed by atoms with van der Waals surface area (Å²) in [5.41, 5.74) is 0.536. The number of aliphatic hydroxyl groups is 1. The number of aliphatic imine (C=N–C) groups is 1. The number of aromatic nitrogens is 1. The molecule has 0 spiro atoms. The van der Waals surface area contributed by atoms with Crippen molar-refractivity contribution in [2.24, 2.45) is 4.99 Å². The van der Waals surface area contributed by atoms with E-state index in [2.05, 4.69) is 20.6 Å². The molecular weight excluding hydrogens is 372 g/mol. The highest BCUT2D eigenvalue weighted by molar-refractivity contribution is 5.79. The van der Waals surface area contributed by atoms with E-state index in [1.807, 2.05) is 39.0 Å². The van der Waals surface area contributed by atoms with E-state index in [4.69, 9.17) is 13.9 Å². The molecule has 0 fully saturated rings. The van der Waals surface area contributed by atoms with Gasteiger partial charge >= 0.3 is 0 Å². The second-order valence-corrected chi connectivity index (χ2v) is 6.96. The Kier molecular flexibility index (Phi) is 8.48. The van der Waals surface area contributed by atoms with Crippen molar-refractivity contribution in [2.75, 3.05) is 33.4 Å². The number of hydrogen-bond acceptors (Lipinski definition) is 6. The van der Waals surface area contributed by atoms with Crippen LogP contribution in [0.15, 0.2) is 33.8 Å². The SMILES string of the molecule is CCNC(=NCc1cccnc1OCCOC)NCC(C)(O)c1cc(C)oc1C. The lowest BCUT2D eigenvalue weighted by molar-refractivity contribution is 0.0601. The summed E-state index contributed by atoms with van der Waals surface area (Å²) in [6.45, 7) is 9.74. The Bertz CT molecular complexity index is 802. The predicted molar refractivity (Wildman–Crippen MR) is 112 cm³/mol. The van der Waals surface area contributed by atoms with E-state index in [9.17, 15) is 5.11 Å². The van der Waals surface area contributed by atoms with Crippen LogP contribution in [-0.2, 0) is 16.9 Å². The highest BCUT2D eigenvalue weighted by Crippen LogP contribution is 2.26. The van der Waals surface area contributed by atoms with Crippen LogP contribution in [0.25, 0.3) is 0 Å². The van der Waals surface area contributed by atoms with Gasteiger partial charge in [-0.2, -0.15) is 0 Å². The molecule has 2 heterocycles. The summed E-state index contributed by atoms with van der Waals surface area (Å²) in [5, 5.41) is 17.3. The lowest BCUT2D eigenvalue weighted by Crippen LogP contribution is -2.44. The van der Waals surface area contributed by atoms with Gasteiger partial charge in [0.2, 0.25) is 5.88 Å². The van der Waals surface area contributed by atoms with Crippen molar-refractivity contribution in [1.29, 1.82) is 0 Å². The molecule has 0 aliphatic heterocycles. The van der Waals surface area contributed by atoms with Crippen LogP contribution >= 0.6 is 0 Å². The third-order valence-corrected chi connectivity index (χ3v) is 4.35. The number of rotatable bonds is 10. The van der Waals surface area contributed by atoms with Gasteiger partial charge in [0.25, 0.3) is 0 Å². The van der Waals surface area contributed by atoms with Crippen LogP contribution in [0, 0.1) is 13.8 Å². The molecule has 0 bridgehead atoms. The quantitative estimate of drug-likeness (QED) is 0.317. The Morgan fingerprint density at radius 1 is 1.31 bits per heavy atom. The zero-order chi connectivity index (χ0) is 21.3. The van der Waals surface area contributed by atoms with E-state index in [1.165, 1.54) is 0 Å². The highest BCUT2D eigenvalue weighted by atomic mass is 16.5. The summed E-state index contributed by atoms with van der Waals surface area (Å²) >= 11 is 0. The van der Waals surface area contributed by atoms with Crippen molar-refractivity contribution in [3.63, 3.8) is 0 Å². The predicted octanol–water partition coefficient (Wildman–Crippen LogP) is 2.28. The van der Waals surface area contributed by atoms with Gasteiger partial charge in [-0.05, 0) is 39.8 Å². The summed E-state index contributed by atoms with van der Waals surface area (Å²) in [6, 6.07) is 5.64. The Balaban J connectivity index is 2.06. The molecule has 0 aliphatic carbocycles. The first kappa shape index (κ1) is 22.7. The van der Waals surface area contributed by atoms with Crippen LogP contribution in [0.1, 0.15) is 36.5 Å². The first-order valence-electron chi connectivity index (χ1n) is 9.75. The summed E-state index contributed by atoms with van der Waals surface area (Å²) < 4.78 is 16.2. The van der Waals surface area contributed by atoms with Gasteiger partial charge in [-0.25, -0.2) is 9.98 Å². The van der Waals surface area contributed by atoms with E-state index in [1.54, 1.807) is 20.2 Å². The average molecular weight is 405 g/mol. The largest absolute Gasteiger partial charge is 0.475 e. The van der Waals surface area contributed by atoms with Gasteiger partial charge in [0.1, 0.15) is 23.7 Å². The highest BCUT2D eigenvalue weighted by Gasteiger charge is 2.27. The van der Waals surface area contributed by atoms with Crippen LogP contribution in [0.5, 0.6) is 5.88 Å². The van der Waals surface area contributed by atoms with Crippen LogP contribution in [0.3, 0.4) is 0 Å². The smallest absolute Gasteiger partial charge is 0.218 e. The van der Waals surface area contributed by atoms with Crippen LogP contribution < -0.4 is 15.4 Å². The van der Waals surface area contributed by atoms with Crippen molar-refractivity contribution < 1.29 is 19.0 Å². The minimum atomic E-state index is -1.10. The summed E-state index contributed by atoms with van der Waals surface area (Å²) in [4.78, 5) is 8.88. The number of pyridine rings is 1. The fourth-order valence-corrected chi connectivity index (χ4v) is 2.92. The lowest BCUT2D eigenvalue weighted by Gasteiger charge is -2.24. The number of furan rings is 1. The molecule has 29 heavy (non-hydrogen) atoms. The number of methoxy groups -OCH3 is 1. The topological polar surface area (TPSA) is 101 Å². The molecule has 2 rings (SSSR count). The van der Waals surface area contributed by atoms with Gasteiger partial charge < -0.3 is 29.6 Å². The number of nitrogens with one attached hydrogen (secondary N) is 2. The maximum absolute atomic E-state index is 10.9. The third kappa shape index (κ3) is 6.76. The molecule has 1 unspecified atom stereocenters. The van der Waals surface area contributed by atoms with E-state index >= 15 is 0 Å². The molecule has 0 radical (unpaired) electrons. The van der Waals surface area contributed by atoms with Gasteiger partial charge in [-0.1, -0.05) is 6.07 Å². The van der Waals surface area contributed by atoms with E-state index in [0.717, 1.165) is 16.9 Å². The van der Waals surface area contributed by atoms with Crippen molar-refractivity contribution in [3.8, 4) is 5.88 Å². The molecule has 160 valence electrons. The maximum atomic E-state index is 10.9. The minimum absolute atomic E-state index is 0.281. The molecule has 8 nitrogen and oxygen atoms in total. The molecule has 0 aromatic carbocycles. The van der Waals surface area contributed by atoms with Crippen molar-refractivity contribution >= 4 is 5.96 Å². The molecule has 0 saturated heterocycles. The molecule has 2 aromatic rings. The van der Waals surface area contributed by atoms with Gasteiger partial charge in [-0.3, -0.25) is 0 Å².